The molecule has 0 saturated carbocycles. The number of hydrogen-bond acceptors (Lipinski definition) is 4. The van der Waals surface area contributed by atoms with E-state index in [0.29, 0.717) is 25.7 Å². The summed E-state index contributed by atoms with van der Waals surface area (Å²) in [6, 6.07) is 8.17. The molecule has 0 amide bonds. The third-order valence-electron chi connectivity index (χ3n) is 2.88. The van der Waals surface area contributed by atoms with Gasteiger partial charge in [-0.15, -0.1) is 0 Å². The van der Waals surface area contributed by atoms with Crippen LogP contribution in [0.1, 0.15) is 12.5 Å². The predicted octanol–water partition coefficient (Wildman–Crippen LogP) is 2.37. The molecule has 2 aromatic rings. The van der Waals surface area contributed by atoms with Gasteiger partial charge in [0.1, 0.15) is 6.61 Å². The smallest absolute Gasteiger partial charge is 0.221 e. The minimum atomic E-state index is 0.524. The molecule has 0 bridgehead atoms. The molecule has 0 aliphatic rings. The van der Waals surface area contributed by atoms with Crippen molar-refractivity contribution in [2.45, 2.75) is 13.5 Å². The largest absolute Gasteiger partial charge is 0.475 e. The Morgan fingerprint density at radius 3 is 2.68 bits per heavy atom. The normalized spacial score (nSPS) is 10.8. The number of nitrogens with one attached hydrogen (secondary N) is 1. The van der Waals surface area contributed by atoms with Crippen LogP contribution in [0.5, 0.6) is 5.88 Å². The third kappa shape index (κ3) is 3.43. The summed E-state index contributed by atoms with van der Waals surface area (Å²) in [5, 5.41) is 5.38. The van der Waals surface area contributed by atoms with Crippen LogP contribution >= 0.6 is 0 Å². The first-order chi connectivity index (χ1) is 9.36. The number of ether oxygens (including phenoxy) is 2. The van der Waals surface area contributed by atoms with Gasteiger partial charge in [0.25, 0.3) is 0 Å². The fraction of sp³-hybridized carbons (Fsp3) is 0.400. The molecule has 102 valence electrons. The summed E-state index contributed by atoms with van der Waals surface area (Å²) in [5.41, 5.74) is 1.18. The van der Waals surface area contributed by atoms with Crippen LogP contribution < -0.4 is 10.1 Å². The van der Waals surface area contributed by atoms with Crippen LogP contribution in [-0.2, 0) is 11.3 Å². The first-order valence-electron chi connectivity index (χ1n) is 6.58. The summed E-state index contributed by atoms with van der Waals surface area (Å²) in [5.74, 6) is 0.676. The number of hydrogen-bond donors (Lipinski definition) is 1. The molecule has 1 aromatic carbocycles. The molecule has 0 saturated heterocycles. The van der Waals surface area contributed by atoms with E-state index in [1.807, 2.05) is 38.4 Å². The SMILES string of the molecule is CCOCCOc1ncc(CNC)c2ccccc12. The maximum Gasteiger partial charge on any atom is 0.221 e. The van der Waals surface area contributed by atoms with Crippen LogP contribution in [0.2, 0.25) is 0 Å². The molecule has 0 atom stereocenters. The highest BCUT2D eigenvalue weighted by molar-refractivity contribution is 5.89. The standard InChI is InChI=1S/C15H20N2O2/c1-3-18-8-9-19-15-14-7-5-4-6-13(14)12(10-16-2)11-17-15/h4-7,11,16H,3,8-10H2,1-2H3. The van der Waals surface area contributed by atoms with Gasteiger partial charge in [-0.05, 0) is 31.0 Å². The Morgan fingerprint density at radius 2 is 1.95 bits per heavy atom. The average molecular weight is 260 g/mol. The number of nitrogens with zero attached hydrogens (tertiary/aromatic N) is 1. The highest BCUT2D eigenvalue weighted by atomic mass is 16.5. The Balaban J connectivity index is 2.22. The average Bonchev–Trinajstić information content (AvgIpc) is 2.46. The predicted molar refractivity (Wildman–Crippen MR) is 76.5 cm³/mol. The molecule has 19 heavy (non-hydrogen) atoms. The van der Waals surface area contributed by atoms with Crippen molar-refractivity contribution in [2.75, 3.05) is 26.9 Å². The molecule has 0 spiro atoms. The fourth-order valence-corrected chi connectivity index (χ4v) is 2.01. The van der Waals surface area contributed by atoms with E-state index in [0.717, 1.165) is 11.9 Å². The Kier molecular flexibility index (Phi) is 5.12. The molecule has 4 heteroatoms. The zero-order valence-electron chi connectivity index (χ0n) is 11.5. The van der Waals surface area contributed by atoms with Crippen LogP contribution in [0.4, 0.5) is 0 Å². The second-order valence-corrected chi connectivity index (χ2v) is 4.21. The van der Waals surface area contributed by atoms with Gasteiger partial charge >= 0.3 is 0 Å². The molecule has 0 radical (unpaired) electrons. The number of pyridine rings is 1. The quantitative estimate of drug-likeness (QED) is 0.776. The Labute approximate surface area is 113 Å². The van der Waals surface area contributed by atoms with Gasteiger partial charge in [-0.3, -0.25) is 0 Å². The molecule has 0 unspecified atom stereocenters. The van der Waals surface area contributed by atoms with Gasteiger partial charge in [0.05, 0.1) is 6.61 Å². The summed E-state index contributed by atoms with van der Waals surface area (Å²) < 4.78 is 11.0. The topological polar surface area (TPSA) is 43.4 Å². The molecule has 0 aliphatic carbocycles. The monoisotopic (exact) mass is 260 g/mol. The molecular formula is C15H20N2O2. The molecule has 1 N–H and O–H groups in total. The minimum absolute atomic E-state index is 0.524. The Hall–Kier alpha value is -1.65. The van der Waals surface area contributed by atoms with E-state index in [1.165, 1.54) is 10.9 Å². The van der Waals surface area contributed by atoms with Gasteiger partial charge in [0.15, 0.2) is 0 Å². The lowest BCUT2D eigenvalue weighted by molar-refractivity contribution is 0.109. The van der Waals surface area contributed by atoms with Gasteiger partial charge in [-0.25, -0.2) is 4.98 Å². The number of fused-ring (bicyclic) bond motifs is 1. The first kappa shape index (κ1) is 13.8. The van der Waals surface area contributed by atoms with Crippen LogP contribution in [0.15, 0.2) is 30.5 Å². The van der Waals surface area contributed by atoms with Gasteiger partial charge in [-0.1, -0.05) is 18.2 Å². The molecule has 2 rings (SSSR count). The highest BCUT2D eigenvalue weighted by Crippen LogP contribution is 2.25. The molecule has 1 aromatic heterocycles. The van der Waals surface area contributed by atoms with Crippen molar-refractivity contribution in [1.82, 2.24) is 10.3 Å². The number of benzene rings is 1. The van der Waals surface area contributed by atoms with Crippen molar-refractivity contribution in [3.05, 3.63) is 36.0 Å². The lowest BCUT2D eigenvalue weighted by Gasteiger charge is -2.11. The Morgan fingerprint density at radius 1 is 1.16 bits per heavy atom. The zero-order valence-corrected chi connectivity index (χ0v) is 11.5. The summed E-state index contributed by atoms with van der Waals surface area (Å²) in [7, 11) is 1.93. The summed E-state index contributed by atoms with van der Waals surface area (Å²) in [6.07, 6.45) is 1.87. The molecule has 0 aliphatic heterocycles. The maximum absolute atomic E-state index is 5.70. The summed E-state index contributed by atoms with van der Waals surface area (Å²) >= 11 is 0. The summed E-state index contributed by atoms with van der Waals surface area (Å²) in [4.78, 5) is 4.41. The number of aromatic nitrogens is 1. The third-order valence-corrected chi connectivity index (χ3v) is 2.88. The minimum Gasteiger partial charge on any atom is -0.475 e. The molecular weight excluding hydrogens is 240 g/mol. The fourth-order valence-electron chi connectivity index (χ4n) is 2.01. The van der Waals surface area contributed by atoms with Crippen molar-refractivity contribution < 1.29 is 9.47 Å². The highest BCUT2D eigenvalue weighted by Gasteiger charge is 2.07. The van der Waals surface area contributed by atoms with E-state index in [2.05, 4.69) is 16.4 Å². The van der Waals surface area contributed by atoms with E-state index in [9.17, 15) is 0 Å². The van der Waals surface area contributed by atoms with E-state index < -0.39 is 0 Å². The van der Waals surface area contributed by atoms with E-state index in [1.54, 1.807) is 0 Å². The van der Waals surface area contributed by atoms with E-state index in [4.69, 9.17) is 9.47 Å². The lowest BCUT2D eigenvalue weighted by atomic mass is 10.1. The van der Waals surface area contributed by atoms with Gasteiger partial charge in [0, 0.05) is 24.7 Å². The number of rotatable bonds is 7. The van der Waals surface area contributed by atoms with Crippen molar-refractivity contribution in [3.63, 3.8) is 0 Å². The van der Waals surface area contributed by atoms with Crippen LogP contribution in [-0.4, -0.2) is 31.9 Å². The first-order valence-corrected chi connectivity index (χ1v) is 6.58. The van der Waals surface area contributed by atoms with Crippen LogP contribution in [0, 0.1) is 0 Å². The molecule has 0 fully saturated rings. The van der Waals surface area contributed by atoms with E-state index in [-0.39, 0.29) is 0 Å². The van der Waals surface area contributed by atoms with Crippen molar-refractivity contribution in [1.29, 1.82) is 0 Å². The molecule has 1 heterocycles. The summed E-state index contributed by atoms with van der Waals surface area (Å²) in [6.45, 7) is 4.59. The van der Waals surface area contributed by atoms with Crippen molar-refractivity contribution in [2.24, 2.45) is 0 Å². The second-order valence-electron chi connectivity index (χ2n) is 4.21. The van der Waals surface area contributed by atoms with Crippen LogP contribution in [0.3, 0.4) is 0 Å². The lowest BCUT2D eigenvalue weighted by Crippen LogP contribution is -2.09. The van der Waals surface area contributed by atoms with Crippen LogP contribution in [0.25, 0.3) is 10.8 Å². The Bertz CT molecular complexity index is 529. The van der Waals surface area contributed by atoms with Gasteiger partial charge < -0.3 is 14.8 Å². The maximum atomic E-state index is 5.70. The molecule has 4 nitrogen and oxygen atoms in total. The van der Waals surface area contributed by atoms with Crippen molar-refractivity contribution in [3.8, 4) is 5.88 Å². The van der Waals surface area contributed by atoms with E-state index >= 15 is 0 Å². The van der Waals surface area contributed by atoms with Gasteiger partial charge in [-0.2, -0.15) is 0 Å². The zero-order chi connectivity index (χ0) is 13.5. The second kappa shape index (κ2) is 7.07. The van der Waals surface area contributed by atoms with Gasteiger partial charge in [0.2, 0.25) is 5.88 Å². The van der Waals surface area contributed by atoms with Crippen molar-refractivity contribution >= 4 is 10.8 Å².